The lowest BCUT2D eigenvalue weighted by molar-refractivity contribution is -0.115. The van der Waals surface area contributed by atoms with E-state index < -0.39 is 0 Å². The fourth-order valence-electron chi connectivity index (χ4n) is 2.46. The van der Waals surface area contributed by atoms with E-state index in [0.29, 0.717) is 27.3 Å². The zero-order valence-electron chi connectivity index (χ0n) is 14.9. The van der Waals surface area contributed by atoms with E-state index in [-0.39, 0.29) is 12.5 Å². The van der Waals surface area contributed by atoms with E-state index in [0.717, 1.165) is 11.1 Å². The molecule has 0 aliphatic carbocycles. The number of carbonyl (C=O) groups excluding carboxylic acids is 1. The zero-order valence-corrected chi connectivity index (χ0v) is 15.7. The van der Waals surface area contributed by atoms with Crippen molar-refractivity contribution < 1.29 is 14.3 Å². The Morgan fingerprint density at radius 3 is 2.85 bits per heavy atom. The molecule has 6 nitrogen and oxygen atoms in total. The molecule has 2 aromatic rings. The predicted octanol–water partition coefficient (Wildman–Crippen LogP) is 3.80. The Labute approximate surface area is 161 Å². The highest BCUT2D eigenvalue weighted by Gasteiger charge is 2.24. The standard InChI is InChI=1S/C20H17N3O3S/c1-13-7-8-17(25-2)15(11-13)22-20-23-19(24)18(27-20)12-14-5-3-4-6-16(14)26-10-9-21/h3-8,11-12H,10H2,1-2H3,(H,22,23,24)/b18-12-. The topological polar surface area (TPSA) is 83.7 Å². The fraction of sp³-hybridized carbons (Fsp3) is 0.150. The minimum absolute atomic E-state index is 0.0562. The summed E-state index contributed by atoms with van der Waals surface area (Å²) < 4.78 is 10.7. The number of hydrogen-bond acceptors (Lipinski definition) is 6. The van der Waals surface area contributed by atoms with Crippen LogP contribution in [0.3, 0.4) is 0 Å². The van der Waals surface area contributed by atoms with Gasteiger partial charge in [0.1, 0.15) is 23.3 Å². The van der Waals surface area contributed by atoms with E-state index in [1.54, 1.807) is 19.3 Å². The molecule has 1 aliphatic heterocycles. The molecule has 136 valence electrons. The molecule has 0 radical (unpaired) electrons. The number of nitrogens with one attached hydrogen (secondary N) is 1. The third-order valence-corrected chi connectivity index (χ3v) is 4.61. The quantitative estimate of drug-likeness (QED) is 0.799. The van der Waals surface area contributed by atoms with Gasteiger partial charge in [-0.05, 0) is 48.5 Å². The summed E-state index contributed by atoms with van der Waals surface area (Å²) in [6.07, 6.45) is 1.72. The summed E-state index contributed by atoms with van der Waals surface area (Å²) in [5, 5.41) is 11.9. The lowest BCUT2D eigenvalue weighted by atomic mass is 10.2. The maximum atomic E-state index is 12.3. The average Bonchev–Trinajstić information content (AvgIpc) is 3.00. The highest BCUT2D eigenvalue weighted by atomic mass is 32.2. The van der Waals surface area contributed by atoms with Gasteiger partial charge in [-0.15, -0.1) is 0 Å². The predicted molar refractivity (Wildman–Crippen MR) is 106 cm³/mol. The Balaban J connectivity index is 1.88. The second-order valence-corrected chi connectivity index (χ2v) is 6.67. The van der Waals surface area contributed by atoms with Crippen molar-refractivity contribution in [3.8, 4) is 17.6 Å². The number of carbonyl (C=O) groups is 1. The third kappa shape index (κ3) is 4.49. The number of amidine groups is 1. The van der Waals surface area contributed by atoms with Crippen LogP contribution in [-0.4, -0.2) is 24.8 Å². The van der Waals surface area contributed by atoms with Gasteiger partial charge in [-0.3, -0.25) is 4.79 Å². The second kappa shape index (κ2) is 8.43. The average molecular weight is 379 g/mol. The molecule has 1 aliphatic rings. The maximum Gasteiger partial charge on any atom is 0.264 e. The number of nitriles is 1. The van der Waals surface area contributed by atoms with Crippen LogP contribution in [0.2, 0.25) is 0 Å². The van der Waals surface area contributed by atoms with Gasteiger partial charge in [0.05, 0.1) is 12.0 Å². The number of nitrogens with zero attached hydrogens (tertiary/aromatic N) is 2. The van der Waals surface area contributed by atoms with Crippen molar-refractivity contribution in [2.75, 3.05) is 13.7 Å². The molecule has 1 heterocycles. The van der Waals surface area contributed by atoms with Crippen LogP contribution in [0.15, 0.2) is 52.4 Å². The maximum absolute atomic E-state index is 12.3. The Morgan fingerprint density at radius 1 is 1.26 bits per heavy atom. The number of benzene rings is 2. The number of hydrogen-bond donors (Lipinski definition) is 1. The van der Waals surface area contributed by atoms with Gasteiger partial charge in [-0.2, -0.15) is 5.26 Å². The van der Waals surface area contributed by atoms with Crippen molar-refractivity contribution in [1.29, 1.82) is 5.26 Å². The number of methoxy groups -OCH3 is 1. The number of rotatable bonds is 5. The Morgan fingerprint density at radius 2 is 2.07 bits per heavy atom. The van der Waals surface area contributed by atoms with Gasteiger partial charge in [0.2, 0.25) is 0 Å². The summed E-state index contributed by atoms with van der Waals surface area (Å²) in [7, 11) is 1.58. The largest absolute Gasteiger partial charge is 0.494 e. The summed E-state index contributed by atoms with van der Waals surface area (Å²) in [6, 6.07) is 14.9. The SMILES string of the molecule is COc1ccc(C)cc1N=C1NC(=O)/C(=C/c2ccccc2OCC#N)S1. The van der Waals surface area contributed by atoms with Gasteiger partial charge in [0.15, 0.2) is 11.8 Å². The van der Waals surface area contributed by atoms with E-state index in [9.17, 15) is 4.79 Å². The number of thioether (sulfide) groups is 1. The number of para-hydroxylation sites is 1. The lowest BCUT2D eigenvalue weighted by Crippen LogP contribution is -2.19. The van der Waals surface area contributed by atoms with Crippen LogP contribution in [0.25, 0.3) is 6.08 Å². The normalized spacial score (nSPS) is 16.3. The van der Waals surface area contributed by atoms with Crippen molar-refractivity contribution in [2.24, 2.45) is 4.99 Å². The summed E-state index contributed by atoms with van der Waals surface area (Å²) in [4.78, 5) is 17.3. The molecule has 0 bridgehead atoms. The van der Waals surface area contributed by atoms with Crippen LogP contribution in [0.1, 0.15) is 11.1 Å². The Bertz CT molecular complexity index is 977. The van der Waals surface area contributed by atoms with E-state index in [1.807, 2.05) is 49.4 Å². The summed E-state index contributed by atoms with van der Waals surface area (Å²) in [6.45, 7) is 1.91. The number of ether oxygens (including phenoxy) is 2. The first kappa shape index (κ1) is 18.5. The number of aryl methyl sites for hydroxylation is 1. The minimum Gasteiger partial charge on any atom is -0.494 e. The molecule has 0 saturated carbocycles. The lowest BCUT2D eigenvalue weighted by Gasteiger charge is -2.06. The van der Waals surface area contributed by atoms with Crippen LogP contribution in [0.4, 0.5) is 5.69 Å². The van der Waals surface area contributed by atoms with E-state index in [1.165, 1.54) is 11.8 Å². The molecule has 7 heteroatoms. The molecule has 1 N–H and O–H groups in total. The third-order valence-electron chi connectivity index (χ3n) is 3.71. The number of aliphatic imine (C=N–C) groups is 1. The van der Waals surface area contributed by atoms with Crippen molar-refractivity contribution >= 4 is 34.6 Å². The Hall–Kier alpha value is -3.24. The molecule has 27 heavy (non-hydrogen) atoms. The van der Waals surface area contributed by atoms with E-state index >= 15 is 0 Å². The van der Waals surface area contributed by atoms with Crippen molar-refractivity contribution in [2.45, 2.75) is 6.92 Å². The molecular formula is C20H17N3O3S. The summed E-state index contributed by atoms with van der Waals surface area (Å²) >= 11 is 1.24. The van der Waals surface area contributed by atoms with Crippen molar-refractivity contribution in [3.05, 3.63) is 58.5 Å². The van der Waals surface area contributed by atoms with Crippen LogP contribution in [-0.2, 0) is 4.79 Å². The fourth-order valence-corrected chi connectivity index (χ4v) is 3.29. The first-order chi connectivity index (χ1) is 13.1. The summed E-state index contributed by atoms with van der Waals surface area (Å²) in [5.41, 5.74) is 2.42. The first-order valence-electron chi connectivity index (χ1n) is 8.13. The minimum atomic E-state index is -0.236. The molecule has 0 unspecified atom stereocenters. The molecule has 0 spiro atoms. The van der Waals surface area contributed by atoms with Gasteiger partial charge in [0, 0.05) is 5.56 Å². The molecule has 1 amide bonds. The molecule has 1 fully saturated rings. The van der Waals surface area contributed by atoms with Crippen LogP contribution in [0, 0.1) is 18.3 Å². The smallest absolute Gasteiger partial charge is 0.264 e. The monoisotopic (exact) mass is 379 g/mol. The van der Waals surface area contributed by atoms with E-state index in [4.69, 9.17) is 14.7 Å². The Kier molecular flexibility index (Phi) is 5.79. The zero-order chi connectivity index (χ0) is 19.2. The molecule has 0 atom stereocenters. The van der Waals surface area contributed by atoms with Crippen LogP contribution < -0.4 is 14.8 Å². The van der Waals surface area contributed by atoms with Crippen LogP contribution in [0.5, 0.6) is 11.5 Å². The highest BCUT2D eigenvalue weighted by Crippen LogP contribution is 2.33. The first-order valence-corrected chi connectivity index (χ1v) is 8.95. The molecule has 3 rings (SSSR count). The van der Waals surface area contributed by atoms with Gasteiger partial charge in [0.25, 0.3) is 5.91 Å². The van der Waals surface area contributed by atoms with Gasteiger partial charge in [-0.1, -0.05) is 24.3 Å². The molecule has 0 aromatic heterocycles. The second-order valence-electron chi connectivity index (χ2n) is 5.64. The van der Waals surface area contributed by atoms with Gasteiger partial charge < -0.3 is 14.8 Å². The van der Waals surface area contributed by atoms with Gasteiger partial charge >= 0.3 is 0 Å². The molecular weight excluding hydrogens is 362 g/mol. The molecule has 1 saturated heterocycles. The van der Waals surface area contributed by atoms with Gasteiger partial charge in [-0.25, -0.2) is 4.99 Å². The van der Waals surface area contributed by atoms with Crippen molar-refractivity contribution in [3.63, 3.8) is 0 Å². The molecule has 2 aromatic carbocycles. The van der Waals surface area contributed by atoms with Crippen molar-refractivity contribution in [1.82, 2.24) is 5.32 Å². The number of amides is 1. The summed E-state index contributed by atoms with van der Waals surface area (Å²) in [5.74, 6) is 0.946. The van der Waals surface area contributed by atoms with E-state index in [2.05, 4.69) is 10.3 Å². The van der Waals surface area contributed by atoms with Crippen LogP contribution >= 0.6 is 11.8 Å². The highest BCUT2D eigenvalue weighted by molar-refractivity contribution is 8.18.